The molecule has 1 aromatic carbocycles. The van der Waals surface area contributed by atoms with Crippen molar-refractivity contribution in [3.05, 3.63) is 41.5 Å². The highest BCUT2D eigenvalue weighted by atomic mass is 16.3. The van der Waals surface area contributed by atoms with E-state index in [2.05, 4.69) is 44.7 Å². The zero-order valence-corrected chi connectivity index (χ0v) is 16.4. The number of carbonyl (C=O) groups is 1. The summed E-state index contributed by atoms with van der Waals surface area (Å²) in [6.45, 7) is 2.68. The van der Waals surface area contributed by atoms with Crippen molar-refractivity contribution < 1.29 is 9.90 Å². The SMILES string of the molecule is CCn1c(CO)nnc1C1CC(NC(=O)CCc2ccc(N(C)C)cc2)C1. The minimum absolute atomic E-state index is 0.0940. The number of nitrogens with zero attached hydrogens (tertiary/aromatic N) is 4. The largest absolute Gasteiger partial charge is 0.388 e. The Labute approximate surface area is 160 Å². The van der Waals surface area contributed by atoms with Gasteiger partial charge in [-0.2, -0.15) is 0 Å². The van der Waals surface area contributed by atoms with Crippen molar-refractivity contribution in [2.45, 2.75) is 57.7 Å². The average molecular weight is 371 g/mol. The highest BCUT2D eigenvalue weighted by Crippen LogP contribution is 2.36. The molecule has 1 aliphatic carbocycles. The first-order chi connectivity index (χ1) is 13.0. The van der Waals surface area contributed by atoms with Crippen LogP contribution in [0.3, 0.4) is 0 Å². The molecule has 2 aromatic rings. The van der Waals surface area contributed by atoms with E-state index in [1.165, 1.54) is 5.56 Å². The van der Waals surface area contributed by atoms with E-state index in [0.29, 0.717) is 18.2 Å². The number of hydrogen-bond acceptors (Lipinski definition) is 5. The smallest absolute Gasteiger partial charge is 0.220 e. The molecule has 7 nitrogen and oxygen atoms in total. The average Bonchev–Trinajstić information content (AvgIpc) is 3.05. The van der Waals surface area contributed by atoms with Gasteiger partial charge in [-0.3, -0.25) is 4.79 Å². The van der Waals surface area contributed by atoms with Crippen LogP contribution in [0, 0.1) is 0 Å². The molecule has 1 aliphatic rings. The van der Waals surface area contributed by atoms with Crippen LogP contribution in [-0.4, -0.2) is 45.9 Å². The van der Waals surface area contributed by atoms with Crippen LogP contribution in [0.2, 0.25) is 0 Å². The molecule has 27 heavy (non-hydrogen) atoms. The lowest BCUT2D eigenvalue weighted by molar-refractivity contribution is -0.122. The Hall–Kier alpha value is -2.41. The van der Waals surface area contributed by atoms with Crippen LogP contribution < -0.4 is 10.2 Å². The summed E-state index contributed by atoms with van der Waals surface area (Å²) >= 11 is 0. The molecule has 0 atom stereocenters. The van der Waals surface area contributed by atoms with Gasteiger partial charge in [-0.15, -0.1) is 10.2 Å². The van der Waals surface area contributed by atoms with Crippen LogP contribution in [0.1, 0.15) is 49.3 Å². The maximum atomic E-state index is 12.2. The third-order valence-corrected chi connectivity index (χ3v) is 5.28. The molecule has 0 aliphatic heterocycles. The summed E-state index contributed by atoms with van der Waals surface area (Å²) in [5.41, 5.74) is 2.34. The van der Waals surface area contributed by atoms with E-state index in [4.69, 9.17) is 0 Å². The fourth-order valence-corrected chi connectivity index (χ4v) is 3.58. The molecule has 3 rings (SSSR count). The van der Waals surface area contributed by atoms with Crippen LogP contribution in [0.5, 0.6) is 0 Å². The molecule has 0 unspecified atom stereocenters. The van der Waals surface area contributed by atoms with E-state index in [1.54, 1.807) is 0 Å². The fourth-order valence-electron chi connectivity index (χ4n) is 3.58. The summed E-state index contributed by atoms with van der Waals surface area (Å²) in [5, 5.41) is 20.7. The highest BCUT2D eigenvalue weighted by molar-refractivity contribution is 5.76. The summed E-state index contributed by atoms with van der Waals surface area (Å²) in [6, 6.07) is 8.53. The standard InChI is InChI=1S/C20H29N5O2/c1-4-25-18(13-26)22-23-20(25)15-11-16(12-15)21-19(27)10-7-14-5-8-17(9-6-14)24(2)3/h5-6,8-9,15-16,26H,4,7,10-13H2,1-3H3,(H,21,27). The first-order valence-electron chi connectivity index (χ1n) is 9.60. The van der Waals surface area contributed by atoms with Gasteiger partial charge in [0.15, 0.2) is 5.82 Å². The second-order valence-electron chi connectivity index (χ2n) is 7.37. The van der Waals surface area contributed by atoms with Crippen molar-refractivity contribution in [2.75, 3.05) is 19.0 Å². The Kier molecular flexibility index (Phi) is 6.11. The van der Waals surface area contributed by atoms with E-state index >= 15 is 0 Å². The normalized spacial score (nSPS) is 18.8. The number of amides is 1. The quantitative estimate of drug-likeness (QED) is 0.740. The van der Waals surface area contributed by atoms with Gasteiger partial charge in [0.2, 0.25) is 5.91 Å². The van der Waals surface area contributed by atoms with Crippen molar-refractivity contribution in [2.24, 2.45) is 0 Å². The molecule has 0 bridgehead atoms. The fraction of sp³-hybridized carbons (Fsp3) is 0.550. The number of aromatic nitrogens is 3. The summed E-state index contributed by atoms with van der Waals surface area (Å²) in [7, 11) is 4.03. The van der Waals surface area contributed by atoms with Crippen molar-refractivity contribution in [3.63, 3.8) is 0 Å². The molecule has 7 heteroatoms. The van der Waals surface area contributed by atoms with Crippen LogP contribution in [0.15, 0.2) is 24.3 Å². The van der Waals surface area contributed by atoms with Gasteiger partial charge in [0, 0.05) is 44.7 Å². The predicted molar refractivity (Wildman–Crippen MR) is 105 cm³/mol. The van der Waals surface area contributed by atoms with Gasteiger partial charge < -0.3 is 19.9 Å². The molecule has 146 valence electrons. The number of benzene rings is 1. The van der Waals surface area contributed by atoms with E-state index < -0.39 is 0 Å². The molecule has 1 heterocycles. The highest BCUT2D eigenvalue weighted by Gasteiger charge is 2.35. The number of carbonyl (C=O) groups excluding carboxylic acids is 1. The molecule has 1 fully saturated rings. The minimum Gasteiger partial charge on any atom is -0.388 e. The molecule has 1 aromatic heterocycles. The van der Waals surface area contributed by atoms with Gasteiger partial charge in [-0.1, -0.05) is 12.1 Å². The molecule has 0 saturated heterocycles. The molecule has 2 N–H and O–H groups in total. The van der Waals surface area contributed by atoms with Crippen molar-refractivity contribution in [3.8, 4) is 0 Å². The Morgan fingerprint density at radius 3 is 2.56 bits per heavy atom. The van der Waals surface area contributed by atoms with Gasteiger partial charge in [-0.25, -0.2) is 0 Å². The zero-order valence-electron chi connectivity index (χ0n) is 16.4. The van der Waals surface area contributed by atoms with E-state index in [1.807, 2.05) is 25.6 Å². The van der Waals surface area contributed by atoms with Crippen molar-refractivity contribution in [1.29, 1.82) is 0 Å². The molecule has 1 amide bonds. The lowest BCUT2D eigenvalue weighted by atomic mass is 9.79. The van der Waals surface area contributed by atoms with Gasteiger partial charge in [-0.05, 0) is 43.9 Å². The van der Waals surface area contributed by atoms with Crippen LogP contribution in [0.4, 0.5) is 5.69 Å². The lowest BCUT2D eigenvalue weighted by Gasteiger charge is -2.35. The van der Waals surface area contributed by atoms with Crippen molar-refractivity contribution >= 4 is 11.6 Å². The first kappa shape index (κ1) is 19.4. The number of nitrogens with one attached hydrogen (secondary N) is 1. The van der Waals surface area contributed by atoms with E-state index in [9.17, 15) is 9.90 Å². The number of aryl methyl sites for hydroxylation is 1. The van der Waals surface area contributed by atoms with Crippen molar-refractivity contribution in [1.82, 2.24) is 20.1 Å². The number of hydrogen-bond donors (Lipinski definition) is 2. The molecule has 0 radical (unpaired) electrons. The minimum atomic E-state index is -0.0940. The van der Waals surface area contributed by atoms with Gasteiger partial charge in [0.05, 0.1) is 0 Å². The number of aliphatic hydroxyl groups excluding tert-OH is 1. The zero-order chi connectivity index (χ0) is 19.4. The first-order valence-corrected chi connectivity index (χ1v) is 9.60. The van der Waals surface area contributed by atoms with Crippen LogP contribution >= 0.6 is 0 Å². The van der Waals surface area contributed by atoms with Crippen LogP contribution in [-0.2, 0) is 24.4 Å². The second-order valence-corrected chi connectivity index (χ2v) is 7.37. The van der Waals surface area contributed by atoms with E-state index in [-0.39, 0.29) is 18.6 Å². The summed E-state index contributed by atoms with van der Waals surface area (Å²) in [4.78, 5) is 14.3. The summed E-state index contributed by atoms with van der Waals surface area (Å²) in [5.74, 6) is 1.94. The molecular formula is C20H29N5O2. The van der Waals surface area contributed by atoms with E-state index in [0.717, 1.165) is 37.3 Å². The summed E-state index contributed by atoms with van der Waals surface area (Å²) < 4.78 is 1.97. The van der Waals surface area contributed by atoms with Gasteiger partial charge >= 0.3 is 0 Å². The lowest BCUT2D eigenvalue weighted by Crippen LogP contribution is -2.44. The maximum absolute atomic E-state index is 12.2. The Bertz CT molecular complexity index is 763. The predicted octanol–water partition coefficient (Wildman–Crippen LogP) is 1.85. The summed E-state index contributed by atoms with van der Waals surface area (Å²) in [6.07, 6.45) is 3.02. The third-order valence-electron chi connectivity index (χ3n) is 5.28. The second kappa shape index (κ2) is 8.52. The maximum Gasteiger partial charge on any atom is 0.220 e. The Morgan fingerprint density at radius 1 is 1.26 bits per heavy atom. The molecule has 1 saturated carbocycles. The number of aliphatic hydroxyl groups is 1. The Balaban J connectivity index is 1.43. The third kappa shape index (κ3) is 4.47. The molecular weight excluding hydrogens is 342 g/mol. The van der Waals surface area contributed by atoms with Gasteiger partial charge in [0.25, 0.3) is 0 Å². The molecule has 0 spiro atoms. The monoisotopic (exact) mass is 371 g/mol. The number of rotatable bonds is 8. The number of anilines is 1. The Morgan fingerprint density at radius 2 is 1.96 bits per heavy atom. The van der Waals surface area contributed by atoms with Gasteiger partial charge in [0.1, 0.15) is 12.4 Å². The van der Waals surface area contributed by atoms with Crippen LogP contribution in [0.25, 0.3) is 0 Å². The topological polar surface area (TPSA) is 83.3 Å².